The van der Waals surface area contributed by atoms with Crippen molar-refractivity contribution in [2.45, 2.75) is 0 Å². The summed E-state index contributed by atoms with van der Waals surface area (Å²) in [6, 6.07) is 6.84. The van der Waals surface area contributed by atoms with Gasteiger partial charge in [-0.3, -0.25) is 4.79 Å². The van der Waals surface area contributed by atoms with Crippen molar-refractivity contribution in [3.63, 3.8) is 0 Å². The molecule has 1 aliphatic rings. The number of rotatable bonds is 4. The highest BCUT2D eigenvalue weighted by atomic mass is 35.5. The molecule has 0 radical (unpaired) electrons. The first kappa shape index (κ1) is 16.1. The third-order valence-electron chi connectivity index (χ3n) is 3.24. The highest BCUT2D eigenvalue weighted by Crippen LogP contribution is 2.27. The Labute approximate surface area is 134 Å². The number of benzene rings is 1. The zero-order valence-corrected chi connectivity index (χ0v) is 13.0. The van der Waals surface area contributed by atoms with Crippen molar-refractivity contribution in [3.05, 3.63) is 35.0 Å². The van der Waals surface area contributed by atoms with Gasteiger partial charge < -0.3 is 20.3 Å². The van der Waals surface area contributed by atoms with E-state index in [1.165, 1.54) is 7.11 Å². The fourth-order valence-electron chi connectivity index (χ4n) is 2.07. The fraction of sp³-hybridized carbons (Fsp3) is 0.333. The molecule has 0 aliphatic carbocycles. The predicted octanol–water partition coefficient (Wildman–Crippen LogP) is 1.60. The molecule has 7 heteroatoms. The molecule has 2 N–H and O–H groups in total. The third-order valence-corrected chi connectivity index (χ3v) is 3.53. The molecule has 0 unspecified atom stereocenters. The van der Waals surface area contributed by atoms with E-state index in [4.69, 9.17) is 16.3 Å². The number of nitrogens with zero attached hydrogens (tertiary/aromatic N) is 2. The van der Waals surface area contributed by atoms with Gasteiger partial charge in [-0.25, -0.2) is 0 Å². The van der Waals surface area contributed by atoms with E-state index in [2.05, 4.69) is 10.6 Å². The second-order valence-corrected chi connectivity index (χ2v) is 5.15. The summed E-state index contributed by atoms with van der Waals surface area (Å²) in [5.74, 6) is 0.0683. The molecule has 1 saturated heterocycles. The average Bonchev–Trinajstić information content (AvgIpc) is 2.53. The molecule has 0 atom stereocenters. The van der Waals surface area contributed by atoms with Gasteiger partial charge in [0.2, 0.25) is 0 Å². The maximum Gasteiger partial charge on any atom is 0.267 e. The zero-order chi connectivity index (χ0) is 15.9. The van der Waals surface area contributed by atoms with Crippen LogP contribution in [-0.4, -0.2) is 44.1 Å². The molecule has 6 nitrogen and oxygen atoms in total. The van der Waals surface area contributed by atoms with Crippen LogP contribution >= 0.6 is 11.6 Å². The van der Waals surface area contributed by atoms with Crippen LogP contribution in [0.4, 0.5) is 5.69 Å². The Morgan fingerprint density at radius 3 is 2.82 bits per heavy atom. The van der Waals surface area contributed by atoms with Gasteiger partial charge in [0.1, 0.15) is 17.4 Å². The Morgan fingerprint density at radius 2 is 2.23 bits per heavy atom. The first-order chi connectivity index (χ1) is 10.6. The van der Waals surface area contributed by atoms with Crippen molar-refractivity contribution in [3.8, 4) is 11.8 Å². The van der Waals surface area contributed by atoms with Crippen molar-refractivity contribution in [2.75, 3.05) is 38.6 Å². The Bertz CT molecular complexity index is 618. The van der Waals surface area contributed by atoms with E-state index in [-0.39, 0.29) is 5.57 Å². The topological polar surface area (TPSA) is 77.4 Å². The SMILES string of the molecule is COc1ccc(NC(=O)/C(C#N)=C\N2CCNCC2)cc1Cl. The summed E-state index contributed by atoms with van der Waals surface area (Å²) in [6.07, 6.45) is 1.60. The minimum atomic E-state index is -0.456. The quantitative estimate of drug-likeness (QED) is 0.651. The van der Waals surface area contributed by atoms with Crippen molar-refractivity contribution in [1.82, 2.24) is 10.2 Å². The molecule has 1 amide bonds. The second-order valence-electron chi connectivity index (χ2n) is 4.74. The molecule has 0 aromatic heterocycles. The monoisotopic (exact) mass is 320 g/mol. The molecule has 1 fully saturated rings. The number of amides is 1. The smallest absolute Gasteiger partial charge is 0.267 e. The van der Waals surface area contributed by atoms with Crippen LogP contribution in [0.15, 0.2) is 30.0 Å². The van der Waals surface area contributed by atoms with E-state index in [9.17, 15) is 10.1 Å². The van der Waals surface area contributed by atoms with Gasteiger partial charge in [-0.2, -0.15) is 5.26 Å². The lowest BCUT2D eigenvalue weighted by Gasteiger charge is -2.26. The maximum atomic E-state index is 12.2. The third kappa shape index (κ3) is 4.13. The van der Waals surface area contributed by atoms with E-state index in [0.29, 0.717) is 16.5 Å². The van der Waals surface area contributed by atoms with Crippen molar-refractivity contribution in [2.24, 2.45) is 0 Å². The lowest BCUT2D eigenvalue weighted by Crippen LogP contribution is -2.41. The lowest BCUT2D eigenvalue weighted by molar-refractivity contribution is -0.112. The zero-order valence-electron chi connectivity index (χ0n) is 12.2. The van der Waals surface area contributed by atoms with Gasteiger partial charge in [0.05, 0.1) is 12.1 Å². The fourth-order valence-corrected chi connectivity index (χ4v) is 2.33. The van der Waals surface area contributed by atoms with Crippen LogP contribution in [0.25, 0.3) is 0 Å². The molecule has 1 aromatic rings. The van der Waals surface area contributed by atoms with Gasteiger partial charge in [-0.05, 0) is 18.2 Å². The Hall–Kier alpha value is -2.23. The summed E-state index contributed by atoms with van der Waals surface area (Å²) in [5, 5.41) is 15.4. The summed E-state index contributed by atoms with van der Waals surface area (Å²) in [5.41, 5.74) is 0.575. The lowest BCUT2D eigenvalue weighted by atomic mass is 10.2. The number of halogens is 1. The Kier molecular flexibility index (Phi) is 5.64. The number of ether oxygens (including phenoxy) is 1. The number of methoxy groups -OCH3 is 1. The van der Waals surface area contributed by atoms with Gasteiger partial charge in [0.25, 0.3) is 5.91 Å². The van der Waals surface area contributed by atoms with Gasteiger partial charge in [0, 0.05) is 38.1 Å². The van der Waals surface area contributed by atoms with Crippen LogP contribution < -0.4 is 15.4 Å². The normalized spacial score (nSPS) is 15.1. The molecular weight excluding hydrogens is 304 g/mol. The average molecular weight is 321 g/mol. The van der Waals surface area contributed by atoms with Crippen molar-refractivity contribution in [1.29, 1.82) is 5.26 Å². The minimum absolute atomic E-state index is 0.0637. The first-order valence-electron chi connectivity index (χ1n) is 6.85. The van der Waals surface area contributed by atoms with Crippen molar-refractivity contribution >= 4 is 23.2 Å². The highest BCUT2D eigenvalue weighted by molar-refractivity contribution is 6.32. The van der Waals surface area contributed by atoms with Crippen LogP contribution in [0.2, 0.25) is 5.02 Å². The number of nitrogens with one attached hydrogen (secondary N) is 2. The van der Waals surface area contributed by atoms with E-state index in [0.717, 1.165) is 26.2 Å². The molecule has 22 heavy (non-hydrogen) atoms. The number of nitriles is 1. The molecule has 0 bridgehead atoms. The maximum absolute atomic E-state index is 12.2. The summed E-state index contributed by atoms with van der Waals surface area (Å²) in [7, 11) is 1.52. The van der Waals surface area contributed by atoms with Gasteiger partial charge in [0.15, 0.2) is 0 Å². The molecule has 2 rings (SSSR count). The molecule has 0 spiro atoms. The number of anilines is 1. The van der Waals surface area contributed by atoms with E-state index < -0.39 is 5.91 Å². The van der Waals surface area contributed by atoms with E-state index >= 15 is 0 Å². The van der Waals surface area contributed by atoms with Gasteiger partial charge in [-0.15, -0.1) is 0 Å². The molecular formula is C15H17ClN4O2. The van der Waals surface area contributed by atoms with Gasteiger partial charge in [-0.1, -0.05) is 11.6 Å². The Morgan fingerprint density at radius 1 is 1.50 bits per heavy atom. The van der Waals surface area contributed by atoms with E-state index in [1.54, 1.807) is 24.4 Å². The number of carbonyl (C=O) groups excluding carboxylic acids is 1. The molecule has 1 heterocycles. The van der Waals surface area contributed by atoms with Crippen LogP contribution in [0, 0.1) is 11.3 Å². The van der Waals surface area contributed by atoms with Crippen LogP contribution in [0.5, 0.6) is 5.75 Å². The largest absolute Gasteiger partial charge is 0.495 e. The summed E-state index contributed by atoms with van der Waals surface area (Å²) < 4.78 is 5.05. The van der Waals surface area contributed by atoms with Crippen LogP contribution in [0.3, 0.4) is 0 Å². The van der Waals surface area contributed by atoms with Crippen LogP contribution in [0.1, 0.15) is 0 Å². The molecule has 1 aromatic carbocycles. The Balaban J connectivity index is 2.07. The first-order valence-corrected chi connectivity index (χ1v) is 7.23. The highest BCUT2D eigenvalue weighted by Gasteiger charge is 2.14. The van der Waals surface area contributed by atoms with E-state index in [1.807, 2.05) is 11.0 Å². The summed E-state index contributed by atoms with van der Waals surface area (Å²) >= 11 is 6.01. The predicted molar refractivity (Wildman–Crippen MR) is 84.8 cm³/mol. The molecule has 0 saturated carbocycles. The minimum Gasteiger partial charge on any atom is -0.495 e. The number of hydrogen-bond donors (Lipinski definition) is 2. The number of hydrogen-bond acceptors (Lipinski definition) is 5. The summed E-state index contributed by atoms with van der Waals surface area (Å²) in [4.78, 5) is 14.1. The molecule has 116 valence electrons. The summed E-state index contributed by atoms with van der Waals surface area (Å²) in [6.45, 7) is 3.22. The van der Waals surface area contributed by atoms with Crippen LogP contribution in [-0.2, 0) is 4.79 Å². The standard InChI is InChI=1S/C15H17ClN4O2/c1-22-14-3-2-12(8-13(14)16)19-15(21)11(9-17)10-20-6-4-18-5-7-20/h2-3,8,10,18H,4-7H2,1H3,(H,19,21)/b11-10-. The van der Waals surface area contributed by atoms with Crippen molar-refractivity contribution < 1.29 is 9.53 Å². The second kappa shape index (κ2) is 7.69. The number of piperazine rings is 1. The number of carbonyl (C=O) groups is 1. The molecule has 1 aliphatic heterocycles. The van der Waals surface area contributed by atoms with Gasteiger partial charge >= 0.3 is 0 Å².